The first-order valence-corrected chi connectivity index (χ1v) is 8.75. The van der Waals surface area contributed by atoms with Crippen LogP contribution in [0.5, 0.6) is 0 Å². The molecular weight excluding hydrogens is 260 g/mol. The van der Waals surface area contributed by atoms with Gasteiger partial charge in [0.05, 0.1) is 11.7 Å². The van der Waals surface area contributed by atoms with Gasteiger partial charge in [-0.05, 0) is 62.7 Å². The summed E-state index contributed by atoms with van der Waals surface area (Å²) in [6.07, 6.45) is 10.2. The zero-order valence-corrected chi connectivity index (χ0v) is 14.5. The maximum absolute atomic E-state index is 10.3. The van der Waals surface area contributed by atoms with Crippen LogP contribution in [0.2, 0.25) is 0 Å². The van der Waals surface area contributed by atoms with E-state index < -0.39 is 5.60 Å². The van der Waals surface area contributed by atoms with Gasteiger partial charge in [-0.3, -0.25) is 0 Å². The van der Waals surface area contributed by atoms with Gasteiger partial charge < -0.3 is 10.2 Å². The van der Waals surface area contributed by atoms with Crippen molar-refractivity contribution in [1.29, 1.82) is 0 Å². The summed E-state index contributed by atoms with van der Waals surface area (Å²) < 4.78 is 0. The Hall–Kier alpha value is -0.340. The number of hydrogen-bond acceptors (Lipinski definition) is 2. The van der Waals surface area contributed by atoms with Crippen LogP contribution >= 0.6 is 0 Å². The highest BCUT2D eigenvalue weighted by molar-refractivity contribution is 5.06. The Balaban J connectivity index is 2.06. The van der Waals surface area contributed by atoms with Crippen LogP contribution in [-0.2, 0) is 0 Å². The highest BCUT2D eigenvalue weighted by atomic mass is 16.3. The monoisotopic (exact) mass is 294 g/mol. The van der Waals surface area contributed by atoms with E-state index in [4.69, 9.17) is 0 Å². The number of aliphatic hydroxyl groups excluding tert-OH is 1. The summed E-state index contributed by atoms with van der Waals surface area (Å²) in [6, 6.07) is 0. The van der Waals surface area contributed by atoms with Crippen molar-refractivity contribution in [2.24, 2.45) is 29.1 Å². The molecule has 2 unspecified atom stereocenters. The Kier molecular flexibility index (Phi) is 4.90. The molecular formula is C19H34O2. The smallest absolute Gasteiger partial charge is 0.0651 e. The van der Waals surface area contributed by atoms with Crippen LogP contribution < -0.4 is 0 Å². The Labute approximate surface area is 130 Å². The molecule has 2 heteroatoms. The van der Waals surface area contributed by atoms with E-state index in [-0.39, 0.29) is 12.0 Å². The Morgan fingerprint density at radius 2 is 1.81 bits per heavy atom. The number of rotatable bonds is 4. The molecule has 2 N–H and O–H groups in total. The van der Waals surface area contributed by atoms with E-state index >= 15 is 0 Å². The van der Waals surface area contributed by atoms with E-state index in [1.165, 1.54) is 25.7 Å². The normalized spacial score (nSPS) is 40.2. The molecule has 2 aliphatic rings. The molecule has 122 valence electrons. The average Bonchev–Trinajstić information content (AvgIpc) is 2.73. The van der Waals surface area contributed by atoms with Crippen molar-refractivity contribution in [1.82, 2.24) is 0 Å². The largest absolute Gasteiger partial charge is 0.393 e. The van der Waals surface area contributed by atoms with E-state index in [0.29, 0.717) is 23.2 Å². The van der Waals surface area contributed by atoms with Crippen LogP contribution in [0.15, 0.2) is 12.2 Å². The van der Waals surface area contributed by atoms with Gasteiger partial charge in [0, 0.05) is 5.92 Å². The molecule has 0 aromatic carbocycles. The van der Waals surface area contributed by atoms with Crippen molar-refractivity contribution >= 4 is 0 Å². The molecule has 0 aliphatic heterocycles. The average molecular weight is 294 g/mol. The van der Waals surface area contributed by atoms with Gasteiger partial charge in [0.1, 0.15) is 0 Å². The molecule has 0 aromatic heterocycles. The SMILES string of the molecule is C[C@H](/C=C/[C@H](C)C(C)(C)O)C1CC[C@H]2C(O)CCC[C@]12C. The van der Waals surface area contributed by atoms with Crippen molar-refractivity contribution in [3.05, 3.63) is 12.2 Å². The molecule has 0 radical (unpaired) electrons. The summed E-state index contributed by atoms with van der Waals surface area (Å²) in [7, 11) is 0. The number of allylic oxidation sites excluding steroid dienone is 1. The number of fused-ring (bicyclic) bond motifs is 1. The first-order chi connectivity index (χ1) is 9.66. The Morgan fingerprint density at radius 3 is 2.43 bits per heavy atom. The summed E-state index contributed by atoms with van der Waals surface area (Å²) in [4.78, 5) is 0. The minimum atomic E-state index is -0.653. The fourth-order valence-electron chi connectivity index (χ4n) is 4.76. The van der Waals surface area contributed by atoms with Crippen LogP contribution in [-0.4, -0.2) is 21.9 Å². The lowest BCUT2D eigenvalue weighted by atomic mass is 9.62. The molecule has 0 saturated heterocycles. The minimum Gasteiger partial charge on any atom is -0.393 e. The van der Waals surface area contributed by atoms with E-state index in [1.54, 1.807) is 0 Å². The van der Waals surface area contributed by atoms with Crippen LogP contribution in [0.25, 0.3) is 0 Å². The summed E-state index contributed by atoms with van der Waals surface area (Å²) in [6.45, 7) is 10.5. The molecule has 6 atom stereocenters. The molecule has 2 fully saturated rings. The maximum atomic E-state index is 10.3. The third-order valence-corrected chi connectivity index (χ3v) is 6.61. The molecule has 2 rings (SSSR count). The predicted octanol–water partition coefficient (Wildman–Crippen LogP) is 4.16. The third-order valence-electron chi connectivity index (χ3n) is 6.61. The van der Waals surface area contributed by atoms with Crippen LogP contribution in [0.1, 0.15) is 66.7 Å². The molecule has 0 spiro atoms. The fourth-order valence-corrected chi connectivity index (χ4v) is 4.76. The second kappa shape index (κ2) is 6.04. The van der Waals surface area contributed by atoms with Crippen molar-refractivity contribution in [3.8, 4) is 0 Å². The van der Waals surface area contributed by atoms with Crippen molar-refractivity contribution in [2.45, 2.75) is 78.4 Å². The first-order valence-electron chi connectivity index (χ1n) is 8.75. The van der Waals surface area contributed by atoms with Gasteiger partial charge in [0.25, 0.3) is 0 Å². The summed E-state index contributed by atoms with van der Waals surface area (Å²) in [5, 5.41) is 20.4. The molecule has 2 saturated carbocycles. The van der Waals surface area contributed by atoms with Gasteiger partial charge in [-0.25, -0.2) is 0 Å². The lowest BCUT2D eigenvalue weighted by Gasteiger charge is -2.44. The number of hydrogen-bond donors (Lipinski definition) is 2. The van der Waals surface area contributed by atoms with Crippen molar-refractivity contribution in [2.75, 3.05) is 0 Å². The van der Waals surface area contributed by atoms with Crippen molar-refractivity contribution < 1.29 is 10.2 Å². The Morgan fingerprint density at radius 1 is 1.14 bits per heavy atom. The van der Waals surface area contributed by atoms with Gasteiger partial charge in [0.15, 0.2) is 0 Å². The Bertz CT molecular complexity index is 382. The molecule has 0 amide bonds. The first kappa shape index (κ1) is 17.0. The van der Waals surface area contributed by atoms with Crippen LogP contribution in [0, 0.1) is 29.1 Å². The quantitative estimate of drug-likeness (QED) is 0.764. The van der Waals surface area contributed by atoms with Gasteiger partial charge >= 0.3 is 0 Å². The van der Waals surface area contributed by atoms with Gasteiger partial charge in [0.2, 0.25) is 0 Å². The van der Waals surface area contributed by atoms with Crippen LogP contribution in [0.3, 0.4) is 0 Å². The zero-order chi connectivity index (χ0) is 15.8. The highest BCUT2D eigenvalue weighted by Gasteiger charge is 2.51. The molecule has 21 heavy (non-hydrogen) atoms. The van der Waals surface area contributed by atoms with Gasteiger partial charge in [-0.1, -0.05) is 39.3 Å². The van der Waals surface area contributed by atoms with Gasteiger partial charge in [-0.2, -0.15) is 0 Å². The maximum Gasteiger partial charge on any atom is 0.0651 e. The minimum absolute atomic E-state index is 0.0831. The van der Waals surface area contributed by atoms with Gasteiger partial charge in [-0.15, -0.1) is 0 Å². The van der Waals surface area contributed by atoms with Crippen molar-refractivity contribution in [3.63, 3.8) is 0 Å². The van der Waals surface area contributed by atoms with E-state index in [0.717, 1.165) is 6.42 Å². The van der Waals surface area contributed by atoms with E-state index in [9.17, 15) is 10.2 Å². The van der Waals surface area contributed by atoms with E-state index in [2.05, 4.69) is 32.9 Å². The summed E-state index contributed by atoms with van der Waals surface area (Å²) >= 11 is 0. The van der Waals surface area contributed by atoms with E-state index in [1.807, 2.05) is 13.8 Å². The fraction of sp³-hybridized carbons (Fsp3) is 0.895. The number of aliphatic hydroxyl groups is 2. The summed E-state index contributed by atoms with van der Waals surface area (Å²) in [5.74, 6) is 1.86. The molecule has 0 bridgehead atoms. The lowest BCUT2D eigenvalue weighted by Crippen LogP contribution is -2.41. The third kappa shape index (κ3) is 3.37. The highest BCUT2D eigenvalue weighted by Crippen LogP contribution is 2.57. The topological polar surface area (TPSA) is 40.5 Å². The zero-order valence-electron chi connectivity index (χ0n) is 14.5. The predicted molar refractivity (Wildman–Crippen MR) is 87.9 cm³/mol. The summed E-state index contributed by atoms with van der Waals surface area (Å²) in [5.41, 5.74) is -0.348. The standard InChI is InChI=1S/C19H34O2/c1-13(8-9-14(2)18(3,4)21)15-10-11-16-17(20)7-6-12-19(15,16)5/h8-9,13-17,20-21H,6-7,10-12H2,1-5H3/b9-8+/t13-,14+,15?,16+,17?,19-/m1/s1. The molecule has 2 nitrogen and oxygen atoms in total. The molecule has 2 aliphatic carbocycles. The molecule has 0 heterocycles. The molecule has 0 aromatic rings. The second-order valence-corrected chi connectivity index (χ2v) is 8.44. The van der Waals surface area contributed by atoms with Crippen LogP contribution in [0.4, 0.5) is 0 Å². The second-order valence-electron chi connectivity index (χ2n) is 8.44. The lowest BCUT2D eigenvalue weighted by molar-refractivity contribution is -0.0232.